The van der Waals surface area contributed by atoms with Crippen LogP contribution in [-0.2, 0) is 0 Å². The van der Waals surface area contributed by atoms with Gasteiger partial charge in [-0.05, 0) is 29.2 Å². The number of benzene rings is 2. The van der Waals surface area contributed by atoms with Crippen molar-refractivity contribution in [2.75, 3.05) is 6.61 Å². The third-order valence-electron chi connectivity index (χ3n) is 3.34. The van der Waals surface area contributed by atoms with Gasteiger partial charge in [-0.25, -0.2) is 8.78 Å². The Kier molecular flexibility index (Phi) is 4.91. The number of ether oxygens (including phenoxy) is 1. The van der Waals surface area contributed by atoms with Crippen LogP contribution < -0.4 is 10.5 Å². The average Bonchev–Trinajstić information content (AvgIpc) is 2.46. The lowest BCUT2D eigenvalue weighted by Crippen LogP contribution is -2.19. The van der Waals surface area contributed by atoms with Crippen molar-refractivity contribution < 1.29 is 13.5 Å². The third kappa shape index (κ3) is 4.02. The van der Waals surface area contributed by atoms with E-state index in [1.54, 1.807) is 0 Å². The van der Waals surface area contributed by atoms with Crippen LogP contribution >= 0.6 is 0 Å². The molecule has 0 aliphatic rings. The van der Waals surface area contributed by atoms with Gasteiger partial charge < -0.3 is 10.5 Å². The van der Waals surface area contributed by atoms with Crippen LogP contribution in [0.4, 0.5) is 8.78 Å². The predicted octanol–water partition coefficient (Wildman–Crippen LogP) is 4.17. The van der Waals surface area contributed by atoms with Crippen molar-refractivity contribution in [2.45, 2.75) is 25.8 Å². The van der Waals surface area contributed by atoms with E-state index in [-0.39, 0.29) is 18.4 Å². The summed E-state index contributed by atoms with van der Waals surface area (Å²) in [5, 5.41) is 0. The minimum Gasteiger partial charge on any atom is -0.489 e. The molecule has 0 saturated heterocycles. The van der Waals surface area contributed by atoms with Gasteiger partial charge in [0.05, 0.1) is 6.04 Å². The molecule has 0 heterocycles. The van der Waals surface area contributed by atoms with Gasteiger partial charge in [0.1, 0.15) is 12.4 Å². The Balaban J connectivity index is 1.99. The van der Waals surface area contributed by atoms with E-state index in [9.17, 15) is 8.78 Å². The van der Waals surface area contributed by atoms with E-state index in [4.69, 9.17) is 10.5 Å². The summed E-state index contributed by atoms with van der Waals surface area (Å²) in [5.41, 5.74) is 8.18. The first-order valence-corrected chi connectivity index (χ1v) is 6.90. The molecule has 0 aliphatic heterocycles. The smallest absolute Gasteiger partial charge is 0.167 e. The Morgan fingerprint density at radius 3 is 2.19 bits per heavy atom. The highest BCUT2D eigenvalue weighted by Gasteiger charge is 2.10. The molecule has 1 unspecified atom stereocenters. The molecule has 2 aromatic rings. The molecule has 0 fully saturated rings. The summed E-state index contributed by atoms with van der Waals surface area (Å²) in [6.07, 6.45) is 0. The fourth-order valence-corrected chi connectivity index (χ4v) is 2.00. The Hall–Kier alpha value is -1.94. The summed E-state index contributed by atoms with van der Waals surface area (Å²) >= 11 is 0. The maximum atomic E-state index is 13.4. The molecule has 2 aromatic carbocycles. The molecular weight excluding hydrogens is 272 g/mol. The lowest BCUT2D eigenvalue weighted by atomic mass is 10.00. The number of rotatable bonds is 5. The first kappa shape index (κ1) is 15.4. The van der Waals surface area contributed by atoms with Crippen molar-refractivity contribution in [1.29, 1.82) is 0 Å². The average molecular weight is 291 g/mol. The molecule has 4 heteroatoms. The Morgan fingerprint density at radius 1 is 1.00 bits per heavy atom. The Labute approximate surface area is 123 Å². The van der Waals surface area contributed by atoms with Gasteiger partial charge in [0.25, 0.3) is 0 Å². The lowest BCUT2D eigenvalue weighted by Gasteiger charge is -2.15. The Bertz CT molecular complexity index is 596. The van der Waals surface area contributed by atoms with E-state index >= 15 is 0 Å². The topological polar surface area (TPSA) is 35.2 Å². The first-order valence-electron chi connectivity index (χ1n) is 6.90. The van der Waals surface area contributed by atoms with Crippen LogP contribution in [-0.4, -0.2) is 6.61 Å². The zero-order valence-electron chi connectivity index (χ0n) is 12.1. The quantitative estimate of drug-likeness (QED) is 0.897. The van der Waals surface area contributed by atoms with E-state index in [1.807, 2.05) is 24.3 Å². The molecule has 0 spiro atoms. The molecule has 2 rings (SSSR count). The van der Waals surface area contributed by atoms with Gasteiger partial charge >= 0.3 is 0 Å². The molecular formula is C17H19F2NO. The van der Waals surface area contributed by atoms with E-state index in [0.717, 1.165) is 17.7 Å². The maximum absolute atomic E-state index is 13.4. The van der Waals surface area contributed by atoms with Gasteiger partial charge in [0.15, 0.2) is 11.6 Å². The highest BCUT2D eigenvalue weighted by molar-refractivity contribution is 5.28. The first-order chi connectivity index (χ1) is 9.97. The molecule has 2 nitrogen and oxygen atoms in total. The van der Waals surface area contributed by atoms with E-state index in [0.29, 0.717) is 5.92 Å². The van der Waals surface area contributed by atoms with Crippen molar-refractivity contribution in [3.63, 3.8) is 0 Å². The molecule has 112 valence electrons. The monoisotopic (exact) mass is 291 g/mol. The van der Waals surface area contributed by atoms with E-state index < -0.39 is 11.6 Å². The summed E-state index contributed by atoms with van der Waals surface area (Å²) in [7, 11) is 0. The van der Waals surface area contributed by atoms with Crippen LogP contribution in [0.3, 0.4) is 0 Å². The maximum Gasteiger partial charge on any atom is 0.167 e. The second-order valence-electron chi connectivity index (χ2n) is 5.31. The molecule has 2 N–H and O–H groups in total. The number of halogens is 2. The zero-order valence-corrected chi connectivity index (χ0v) is 12.1. The minimum atomic E-state index is -0.725. The molecule has 0 aliphatic carbocycles. The second-order valence-corrected chi connectivity index (χ2v) is 5.31. The van der Waals surface area contributed by atoms with E-state index in [1.165, 1.54) is 11.6 Å². The van der Waals surface area contributed by atoms with Gasteiger partial charge in [0, 0.05) is 6.07 Å². The number of hydrogen-bond donors (Lipinski definition) is 1. The zero-order chi connectivity index (χ0) is 15.4. The molecule has 0 amide bonds. The van der Waals surface area contributed by atoms with Gasteiger partial charge in [-0.3, -0.25) is 0 Å². The van der Waals surface area contributed by atoms with Gasteiger partial charge in [0.2, 0.25) is 0 Å². The van der Waals surface area contributed by atoms with Crippen LogP contribution in [0.2, 0.25) is 0 Å². The standard InChI is InChI=1S/C17H19F2NO/c1-11(2)12-3-5-13(6-4-12)16(20)10-21-17-8-7-14(18)9-15(17)19/h3-9,11,16H,10,20H2,1-2H3. The van der Waals surface area contributed by atoms with Crippen LogP contribution in [0.1, 0.15) is 36.9 Å². The predicted molar refractivity (Wildman–Crippen MR) is 79.3 cm³/mol. The minimum absolute atomic E-state index is 0.00523. The van der Waals surface area contributed by atoms with Crippen molar-refractivity contribution in [3.8, 4) is 5.75 Å². The number of hydrogen-bond acceptors (Lipinski definition) is 2. The summed E-state index contributed by atoms with van der Waals surface area (Å²) in [6, 6.07) is 10.8. The fraction of sp³-hybridized carbons (Fsp3) is 0.294. The molecule has 0 bridgehead atoms. The fourth-order valence-electron chi connectivity index (χ4n) is 2.00. The molecule has 0 saturated carbocycles. The summed E-state index contributed by atoms with van der Waals surface area (Å²) in [5.74, 6) is -0.892. The summed E-state index contributed by atoms with van der Waals surface area (Å²) in [6.45, 7) is 4.37. The molecule has 0 aromatic heterocycles. The van der Waals surface area contributed by atoms with Gasteiger partial charge in [-0.15, -0.1) is 0 Å². The largest absolute Gasteiger partial charge is 0.489 e. The van der Waals surface area contributed by atoms with Crippen LogP contribution in [0.15, 0.2) is 42.5 Å². The van der Waals surface area contributed by atoms with Crippen LogP contribution in [0.25, 0.3) is 0 Å². The van der Waals surface area contributed by atoms with E-state index in [2.05, 4.69) is 13.8 Å². The van der Waals surface area contributed by atoms with Crippen molar-refractivity contribution in [2.24, 2.45) is 5.73 Å². The highest BCUT2D eigenvalue weighted by Crippen LogP contribution is 2.21. The lowest BCUT2D eigenvalue weighted by molar-refractivity contribution is 0.276. The highest BCUT2D eigenvalue weighted by atomic mass is 19.1. The SMILES string of the molecule is CC(C)c1ccc(C(N)COc2ccc(F)cc2F)cc1. The summed E-state index contributed by atoms with van der Waals surface area (Å²) < 4.78 is 31.6. The van der Waals surface area contributed by atoms with Gasteiger partial charge in [-0.2, -0.15) is 0 Å². The van der Waals surface area contributed by atoms with Gasteiger partial charge in [-0.1, -0.05) is 38.1 Å². The third-order valence-corrected chi connectivity index (χ3v) is 3.34. The van der Waals surface area contributed by atoms with Crippen molar-refractivity contribution >= 4 is 0 Å². The summed E-state index contributed by atoms with van der Waals surface area (Å²) in [4.78, 5) is 0. The normalized spacial score (nSPS) is 12.5. The molecule has 0 radical (unpaired) electrons. The molecule has 21 heavy (non-hydrogen) atoms. The van der Waals surface area contributed by atoms with Crippen molar-refractivity contribution in [3.05, 3.63) is 65.2 Å². The van der Waals surface area contributed by atoms with Crippen molar-refractivity contribution in [1.82, 2.24) is 0 Å². The van der Waals surface area contributed by atoms with Crippen LogP contribution in [0.5, 0.6) is 5.75 Å². The Morgan fingerprint density at radius 2 is 1.62 bits per heavy atom. The molecule has 1 atom stereocenters. The number of nitrogens with two attached hydrogens (primary N) is 1. The van der Waals surface area contributed by atoms with Crippen LogP contribution in [0, 0.1) is 11.6 Å². The second kappa shape index (κ2) is 6.68.